The Hall–Kier alpha value is -2.79. The molecule has 0 spiro atoms. The van der Waals surface area contributed by atoms with E-state index in [1.807, 2.05) is 18.2 Å². The third-order valence-corrected chi connectivity index (χ3v) is 5.50. The molecular formula is C23H29FN3O7P. The van der Waals surface area contributed by atoms with Crippen molar-refractivity contribution >= 4 is 13.6 Å². The van der Waals surface area contributed by atoms with Crippen LogP contribution < -0.4 is 15.8 Å². The molecule has 2 unspecified atom stereocenters. The van der Waals surface area contributed by atoms with Gasteiger partial charge < -0.3 is 35.1 Å². The highest BCUT2D eigenvalue weighted by Gasteiger charge is 2.22. The number of nitrogens with one attached hydrogen (secondary N) is 1. The summed E-state index contributed by atoms with van der Waals surface area (Å²) >= 11 is 0. The van der Waals surface area contributed by atoms with Crippen LogP contribution in [0.2, 0.25) is 0 Å². The number of benzene rings is 1. The quantitative estimate of drug-likeness (QED) is 0.124. The zero-order chi connectivity index (χ0) is 25.3. The third kappa shape index (κ3) is 9.06. The number of rotatable bonds is 14. The Balaban J connectivity index is 1.58. The fourth-order valence-electron chi connectivity index (χ4n) is 3.23. The molecule has 0 amide bonds. The van der Waals surface area contributed by atoms with Crippen molar-refractivity contribution < 1.29 is 37.5 Å². The van der Waals surface area contributed by atoms with Crippen molar-refractivity contribution in [1.82, 2.24) is 4.98 Å². The second kappa shape index (κ2) is 12.8. The van der Waals surface area contributed by atoms with Gasteiger partial charge in [0.25, 0.3) is 6.01 Å². The number of phosphoric acid groups is 1. The number of hydrogen-bond donors (Lipinski definition) is 5. The second-order valence-corrected chi connectivity index (χ2v) is 9.07. The van der Waals surface area contributed by atoms with Crippen LogP contribution in [0.25, 0.3) is 11.5 Å². The van der Waals surface area contributed by atoms with Crippen LogP contribution in [0, 0.1) is 6.01 Å². The number of nitrogens with two attached hydrogens (primary N) is 1. The lowest BCUT2D eigenvalue weighted by Crippen LogP contribution is -2.43. The van der Waals surface area contributed by atoms with Crippen molar-refractivity contribution in [3.05, 3.63) is 66.2 Å². The minimum Gasteiger partial charge on any atom is -0.491 e. The molecule has 12 heteroatoms. The van der Waals surface area contributed by atoms with Crippen LogP contribution in [-0.2, 0) is 15.5 Å². The predicted molar refractivity (Wildman–Crippen MR) is 127 cm³/mol. The third-order valence-electron chi connectivity index (χ3n) is 5.01. The van der Waals surface area contributed by atoms with E-state index in [-0.39, 0.29) is 17.3 Å². The molecule has 0 radical (unpaired) electrons. The number of hydrogen-bond acceptors (Lipinski definition) is 8. The number of aryl methyl sites for hydroxylation is 1. The number of ether oxygens (including phenoxy) is 1. The highest BCUT2D eigenvalue weighted by Crippen LogP contribution is 2.36. The number of aliphatic hydroxyl groups excluding tert-OH is 1. The Morgan fingerprint density at radius 3 is 2.54 bits per heavy atom. The number of furan rings is 1. The molecule has 0 aliphatic heterocycles. The number of unbranched alkanes of at least 4 members (excludes halogenated alkanes) is 2. The van der Waals surface area contributed by atoms with Gasteiger partial charge in [-0.25, -0.2) is 9.55 Å². The molecule has 190 valence electrons. The summed E-state index contributed by atoms with van der Waals surface area (Å²) in [4.78, 5) is 21.9. The van der Waals surface area contributed by atoms with Crippen molar-refractivity contribution in [1.29, 1.82) is 0 Å². The lowest BCUT2D eigenvalue weighted by Gasteiger charge is -2.21. The van der Waals surface area contributed by atoms with Crippen LogP contribution in [-0.4, -0.2) is 45.4 Å². The minimum absolute atomic E-state index is 0.133. The Kier molecular flexibility index (Phi) is 9.79. The number of phosphoric ester groups is 1. The topological polar surface area (TPSA) is 160 Å². The summed E-state index contributed by atoms with van der Waals surface area (Å²) in [5.74, 6) is 0.663. The molecule has 10 nitrogen and oxygen atoms in total. The number of aromatic nitrogens is 1. The van der Waals surface area contributed by atoms with Gasteiger partial charge in [0.2, 0.25) is 0 Å². The van der Waals surface area contributed by atoms with E-state index in [1.165, 1.54) is 17.7 Å². The molecule has 0 aliphatic carbocycles. The molecule has 0 saturated heterocycles. The summed E-state index contributed by atoms with van der Waals surface area (Å²) in [6, 6.07) is 13.9. The van der Waals surface area contributed by atoms with E-state index in [4.69, 9.17) is 24.7 Å². The molecule has 0 bridgehead atoms. The van der Waals surface area contributed by atoms with Gasteiger partial charge >= 0.3 is 7.82 Å². The van der Waals surface area contributed by atoms with Gasteiger partial charge in [0.1, 0.15) is 23.5 Å². The van der Waals surface area contributed by atoms with Crippen LogP contribution in [0.4, 0.5) is 10.2 Å². The Morgan fingerprint density at radius 2 is 1.86 bits per heavy atom. The fraction of sp³-hybridized carbons (Fsp3) is 0.348. The summed E-state index contributed by atoms with van der Waals surface area (Å²) in [5, 5.41) is 12.8. The largest absolute Gasteiger partial charge is 0.491 e. The van der Waals surface area contributed by atoms with E-state index >= 15 is 0 Å². The molecule has 0 saturated carbocycles. The minimum atomic E-state index is -4.73. The summed E-state index contributed by atoms with van der Waals surface area (Å²) in [7, 11) is -4.73. The van der Waals surface area contributed by atoms with E-state index in [0.29, 0.717) is 12.4 Å². The first-order valence-corrected chi connectivity index (χ1v) is 12.6. The van der Waals surface area contributed by atoms with E-state index in [2.05, 4.69) is 27.0 Å². The van der Waals surface area contributed by atoms with E-state index in [0.717, 1.165) is 31.7 Å². The maximum Gasteiger partial charge on any atom is 0.469 e. The summed E-state index contributed by atoms with van der Waals surface area (Å²) in [6.07, 6.45) is 2.35. The molecule has 0 fully saturated rings. The monoisotopic (exact) mass is 509 g/mol. The molecule has 0 aliphatic rings. The number of nitrogens with zero attached hydrogens (tertiary/aromatic N) is 1. The molecule has 2 atom stereocenters. The van der Waals surface area contributed by atoms with Crippen LogP contribution in [0.1, 0.15) is 24.8 Å². The molecule has 1 aromatic carbocycles. The van der Waals surface area contributed by atoms with Crippen molar-refractivity contribution in [2.24, 2.45) is 5.73 Å². The van der Waals surface area contributed by atoms with Gasteiger partial charge in [-0.1, -0.05) is 30.3 Å². The average Bonchev–Trinajstić information content (AvgIpc) is 3.26. The maximum absolute atomic E-state index is 13.5. The first-order chi connectivity index (χ1) is 16.7. The zero-order valence-electron chi connectivity index (χ0n) is 18.9. The number of pyridine rings is 1. The van der Waals surface area contributed by atoms with Crippen LogP contribution in [0.5, 0.6) is 5.75 Å². The maximum atomic E-state index is 13.5. The van der Waals surface area contributed by atoms with Crippen LogP contribution in [0.3, 0.4) is 0 Å². The molecule has 35 heavy (non-hydrogen) atoms. The van der Waals surface area contributed by atoms with Crippen molar-refractivity contribution in [3.8, 4) is 17.2 Å². The van der Waals surface area contributed by atoms with Gasteiger partial charge in [0, 0.05) is 6.07 Å². The zero-order valence-corrected chi connectivity index (χ0v) is 19.8. The van der Waals surface area contributed by atoms with E-state index in [9.17, 15) is 14.1 Å². The molecular weight excluding hydrogens is 480 g/mol. The summed E-state index contributed by atoms with van der Waals surface area (Å²) in [6.45, 7) is -0.174. The Labute approximate surface area is 202 Å². The predicted octanol–water partition coefficient (Wildman–Crippen LogP) is 3.44. The molecule has 3 aromatic rings. The van der Waals surface area contributed by atoms with Crippen LogP contribution in [0.15, 0.2) is 59.0 Å². The Morgan fingerprint density at radius 1 is 1.09 bits per heavy atom. The summed E-state index contributed by atoms with van der Waals surface area (Å²) in [5.41, 5.74) is 7.20. The Bertz CT molecular complexity index is 1110. The van der Waals surface area contributed by atoms with Crippen molar-refractivity contribution in [2.75, 3.05) is 18.5 Å². The standard InChI is InChI=1S/C23H29FN3O7P/c24-20-12-10-19(34-20)22-18(32-14-6-2-5-9-16-7-3-1-4-8-16)11-13-21(26-22)27-23(28)17(25)15-33-35(29,30)31/h1,3-4,7-8,10-13,17,23,28H,2,5-6,9,14-15,25H2,(H,26,27)(H2,29,30,31). The smallest absolute Gasteiger partial charge is 0.469 e. The lowest BCUT2D eigenvalue weighted by atomic mass is 10.1. The van der Waals surface area contributed by atoms with Gasteiger partial charge in [-0.2, -0.15) is 4.39 Å². The molecule has 2 aromatic heterocycles. The van der Waals surface area contributed by atoms with Gasteiger partial charge in [-0.3, -0.25) is 4.52 Å². The van der Waals surface area contributed by atoms with Gasteiger partial charge in [-0.15, -0.1) is 0 Å². The number of anilines is 1. The van der Waals surface area contributed by atoms with Crippen LogP contribution >= 0.6 is 7.82 Å². The van der Waals surface area contributed by atoms with Gasteiger partial charge in [-0.05, 0) is 49.4 Å². The first kappa shape index (κ1) is 26.8. The SMILES string of the molecule is NC(COP(=O)(O)O)C(O)Nc1ccc(OCCCCCc2ccccc2)c(-c2ccc(F)o2)n1. The van der Waals surface area contributed by atoms with Gasteiger partial charge in [0.15, 0.2) is 5.76 Å². The number of aliphatic hydroxyl groups is 1. The fourth-order valence-corrected chi connectivity index (χ4v) is 3.60. The highest BCUT2D eigenvalue weighted by atomic mass is 31.2. The summed E-state index contributed by atoms with van der Waals surface area (Å²) < 4.78 is 39.5. The average molecular weight is 509 g/mol. The molecule has 3 rings (SSSR count). The highest BCUT2D eigenvalue weighted by molar-refractivity contribution is 7.46. The molecule has 6 N–H and O–H groups in total. The first-order valence-electron chi connectivity index (χ1n) is 11.0. The van der Waals surface area contributed by atoms with Crippen molar-refractivity contribution in [2.45, 2.75) is 38.0 Å². The van der Waals surface area contributed by atoms with Crippen molar-refractivity contribution in [3.63, 3.8) is 0 Å². The van der Waals surface area contributed by atoms with E-state index < -0.39 is 32.7 Å². The van der Waals surface area contributed by atoms with E-state index in [1.54, 1.807) is 6.07 Å². The molecule has 2 heterocycles. The number of halogens is 1. The lowest BCUT2D eigenvalue weighted by molar-refractivity contribution is 0.118. The van der Waals surface area contributed by atoms with Gasteiger partial charge in [0.05, 0.1) is 19.3 Å². The normalized spacial score (nSPS) is 13.4. The second-order valence-electron chi connectivity index (χ2n) is 7.83.